The molecule has 0 fully saturated rings. The molecule has 6 heteroatoms. The number of amides is 2. The zero-order valence-electron chi connectivity index (χ0n) is 14.7. The van der Waals surface area contributed by atoms with Gasteiger partial charge in [0, 0.05) is 25.0 Å². The van der Waals surface area contributed by atoms with Gasteiger partial charge in [-0.3, -0.25) is 9.59 Å². The van der Waals surface area contributed by atoms with Gasteiger partial charge >= 0.3 is 0 Å². The molecule has 0 aliphatic carbocycles. The second kappa shape index (κ2) is 8.76. The van der Waals surface area contributed by atoms with Gasteiger partial charge in [-0.25, -0.2) is 0 Å². The van der Waals surface area contributed by atoms with Crippen LogP contribution in [0, 0.1) is 0 Å². The van der Waals surface area contributed by atoms with Crippen molar-refractivity contribution in [1.29, 1.82) is 0 Å². The average molecular weight is 370 g/mol. The van der Waals surface area contributed by atoms with Crippen LogP contribution in [0.25, 0.3) is 0 Å². The molecule has 0 unspecified atom stereocenters. The van der Waals surface area contributed by atoms with E-state index in [2.05, 4.69) is 17.4 Å². The Kier molecular flexibility index (Phi) is 6.17. The molecule has 26 heavy (non-hydrogen) atoms. The highest BCUT2D eigenvalue weighted by Gasteiger charge is 2.32. The van der Waals surface area contributed by atoms with Crippen LogP contribution in [-0.4, -0.2) is 36.8 Å². The molecule has 5 nitrogen and oxygen atoms in total. The van der Waals surface area contributed by atoms with Crippen LogP contribution in [0.15, 0.2) is 54.6 Å². The van der Waals surface area contributed by atoms with E-state index in [0.717, 1.165) is 11.5 Å². The first-order valence-corrected chi connectivity index (χ1v) is 9.74. The smallest absolute Gasteiger partial charge is 0.263 e. The predicted octanol–water partition coefficient (Wildman–Crippen LogP) is 2.85. The number of carbonyl (C=O) groups excluding carboxylic acids is 2. The zero-order valence-corrected chi connectivity index (χ0v) is 15.5. The van der Waals surface area contributed by atoms with Crippen molar-refractivity contribution in [3.8, 4) is 5.75 Å². The molecule has 1 aliphatic rings. The second-order valence-electron chi connectivity index (χ2n) is 6.03. The van der Waals surface area contributed by atoms with Gasteiger partial charge < -0.3 is 15.0 Å². The summed E-state index contributed by atoms with van der Waals surface area (Å²) in [5, 5.41) is 2.91. The number of thioether (sulfide) groups is 1. The summed E-state index contributed by atoms with van der Waals surface area (Å²) in [5.41, 5.74) is 1.98. The second-order valence-corrected chi connectivity index (χ2v) is 7.14. The number of benzene rings is 2. The zero-order chi connectivity index (χ0) is 18.4. The van der Waals surface area contributed by atoms with Crippen LogP contribution < -0.4 is 15.0 Å². The van der Waals surface area contributed by atoms with Crippen molar-refractivity contribution in [3.63, 3.8) is 0 Å². The van der Waals surface area contributed by atoms with Crippen molar-refractivity contribution in [1.82, 2.24) is 5.32 Å². The minimum absolute atomic E-state index is 0.100. The lowest BCUT2D eigenvalue weighted by Crippen LogP contribution is -2.50. The highest BCUT2D eigenvalue weighted by atomic mass is 32.2. The van der Waals surface area contributed by atoms with Crippen LogP contribution in [0.3, 0.4) is 0 Å². The molecule has 1 atom stereocenters. The summed E-state index contributed by atoms with van der Waals surface area (Å²) < 4.78 is 5.79. The maximum atomic E-state index is 12.4. The van der Waals surface area contributed by atoms with Crippen molar-refractivity contribution in [3.05, 3.63) is 60.2 Å². The minimum atomic E-state index is -0.687. The van der Waals surface area contributed by atoms with Gasteiger partial charge in [-0.1, -0.05) is 42.5 Å². The van der Waals surface area contributed by atoms with E-state index in [9.17, 15) is 9.59 Å². The molecule has 3 rings (SSSR count). The van der Waals surface area contributed by atoms with Gasteiger partial charge in [-0.2, -0.15) is 11.8 Å². The first-order valence-electron chi connectivity index (χ1n) is 8.58. The average Bonchev–Trinajstić information content (AvgIpc) is 2.67. The number of nitrogens with zero attached hydrogens (tertiary/aromatic N) is 1. The summed E-state index contributed by atoms with van der Waals surface area (Å²) in [4.78, 5) is 25.9. The van der Waals surface area contributed by atoms with Gasteiger partial charge in [-0.15, -0.1) is 0 Å². The van der Waals surface area contributed by atoms with E-state index in [1.54, 1.807) is 22.7 Å². The fourth-order valence-corrected chi connectivity index (χ4v) is 3.61. The molecule has 0 radical (unpaired) electrons. The maximum Gasteiger partial charge on any atom is 0.263 e. The predicted molar refractivity (Wildman–Crippen MR) is 104 cm³/mol. The summed E-state index contributed by atoms with van der Waals surface area (Å²) in [7, 11) is 0. The quantitative estimate of drug-likeness (QED) is 0.795. The fourth-order valence-electron chi connectivity index (χ4n) is 2.79. The fraction of sp³-hybridized carbons (Fsp3) is 0.300. The number of fused-ring (bicyclic) bond motifs is 1. The molecule has 136 valence electrons. The highest BCUT2D eigenvalue weighted by molar-refractivity contribution is 7.98. The minimum Gasteiger partial charge on any atom is -0.477 e. The van der Waals surface area contributed by atoms with Crippen molar-refractivity contribution in [2.24, 2.45) is 0 Å². The molecule has 0 saturated carbocycles. The van der Waals surface area contributed by atoms with Gasteiger partial charge in [0.1, 0.15) is 5.75 Å². The summed E-state index contributed by atoms with van der Waals surface area (Å²) in [6.45, 7) is 2.30. The van der Waals surface area contributed by atoms with Crippen LogP contribution in [0.4, 0.5) is 5.69 Å². The Morgan fingerprint density at radius 2 is 1.88 bits per heavy atom. The number of rotatable bonds is 6. The van der Waals surface area contributed by atoms with Crippen molar-refractivity contribution >= 4 is 29.3 Å². The standard InChI is InChI=1S/C20H22N2O3S/c1-15(23)22-13-19(25-18-10-6-5-9-17(18)22)20(24)21-11-12-26-14-16-7-3-2-4-8-16/h2-10,19H,11-14H2,1H3,(H,21,24)/t19-/m1/s1. The number of para-hydroxylation sites is 2. The van der Waals surface area contributed by atoms with E-state index < -0.39 is 6.10 Å². The molecule has 2 aromatic rings. The first kappa shape index (κ1) is 18.3. The SMILES string of the molecule is CC(=O)N1C[C@H](C(=O)NCCSCc2ccccc2)Oc2ccccc21. The Hall–Kier alpha value is -2.47. The lowest BCUT2D eigenvalue weighted by Gasteiger charge is -2.33. The lowest BCUT2D eigenvalue weighted by atomic mass is 10.1. The van der Waals surface area contributed by atoms with Gasteiger partial charge in [0.2, 0.25) is 5.91 Å². The third-order valence-electron chi connectivity index (χ3n) is 4.10. The van der Waals surface area contributed by atoms with Crippen LogP contribution in [0.1, 0.15) is 12.5 Å². The third-order valence-corrected chi connectivity index (χ3v) is 5.13. The number of ether oxygens (including phenoxy) is 1. The molecule has 2 aromatic carbocycles. The normalized spacial score (nSPS) is 15.7. The number of carbonyl (C=O) groups is 2. The maximum absolute atomic E-state index is 12.4. The molecule has 0 spiro atoms. The van der Waals surface area contributed by atoms with E-state index in [-0.39, 0.29) is 18.4 Å². The largest absolute Gasteiger partial charge is 0.477 e. The Morgan fingerprint density at radius 3 is 2.65 bits per heavy atom. The third kappa shape index (κ3) is 4.58. The van der Waals surface area contributed by atoms with Crippen molar-refractivity contribution in [2.75, 3.05) is 23.7 Å². The van der Waals surface area contributed by atoms with Crippen molar-refractivity contribution in [2.45, 2.75) is 18.8 Å². The molecular formula is C20H22N2O3S. The van der Waals surface area contributed by atoms with E-state index in [1.807, 2.05) is 36.4 Å². The Balaban J connectivity index is 1.48. The molecule has 2 amide bonds. The van der Waals surface area contributed by atoms with Crippen LogP contribution >= 0.6 is 11.8 Å². The Labute approximate surface area is 157 Å². The van der Waals surface area contributed by atoms with Crippen LogP contribution in [0.2, 0.25) is 0 Å². The topological polar surface area (TPSA) is 58.6 Å². The Bertz CT molecular complexity index is 767. The van der Waals surface area contributed by atoms with Gasteiger partial charge in [0.15, 0.2) is 6.10 Å². The molecular weight excluding hydrogens is 348 g/mol. The number of hydrogen-bond acceptors (Lipinski definition) is 4. The van der Waals surface area contributed by atoms with E-state index in [4.69, 9.17) is 4.74 Å². The van der Waals surface area contributed by atoms with Crippen LogP contribution in [0.5, 0.6) is 5.75 Å². The number of nitrogens with one attached hydrogen (secondary N) is 1. The van der Waals surface area contributed by atoms with Gasteiger partial charge in [0.05, 0.1) is 12.2 Å². The van der Waals surface area contributed by atoms with Crippen molar-refractivity contribution < 1.29 is 14.3 Å². The van der Waals surface area contributed by atoms with E-state index in [1.165, 1.54) is 12.5 Å². The monoisotopic (exact) mass is 370 g/mol. The molecule has 1 aliphatic heterocycles. The molecule has 1 N–H and O–H groups in total. The summed E-state index contributed by atoms with van der Waals surface area (Å²) in [6, 6.07) is 17.5. The highest BCUT2D eigenvalue weighted by Crippen LogP contribution is 2.33. The summed E-state index contributed by atoms with van der Waals surface area (Å²) in [5.74, 6) is 2.01. The summed E-state index contributed by atoms with van der Waals surface area (Å²) >= 11 is 1.77. The van der Waals surface area contributed by atoms with Gasteiger partial charge in [0.25, 0.3) is 5.91 Å². The molecule has 1 heterocycles. The van der Waals surface area contributed by atoms with E-state index >= 15 is 0 Å². The number of anilines is 1. The summed E-state index contributed by atoms with van der Waals surface area (Å²) in [6.07, 6.45) is -0.687. The molecule has 0 saturated heterocycles. The Morgan fingerprint density at radius 1 is 1.15 bits per heavy atom. The first-order chi connectivity index (χ1) is 12.6. The molecule has 0 bridgehead atoms. The lowest BCUT2D eigenvalue weighted by molar-refractivity contribution is -0.128. The van der Waals surface area contributed by atoms with E-state index in [0.29, 0.717) is 18.0 Å². The van der Waals surface area contributed by atoms with Gasteiger partial charge in [-0.05, 0) is 17.7 Å². The van der Waals surface area contributed by atoms with Crippen LogP contribution in [-0.2, 0) is 15.3 Å². The number of hydrogen-bond donors (Lipinski definition) is 1. The molecule has 0 aromatic heterocycles.